The third-order valence-corrected chi connectivity index (χ3v) is 11.2. The fourth-order valence-corrected chi connectivity index (χ4v) is 8.68. The second-order valence-electron chi connectivity index (χ2n) is 14.4. The first-order valence-electron chi connectivity index (χ1n) is 16.8. The van der Waals surface area contributed by atoms with Crippen molar-refractivity contribution < 1.29 is 33.3 Å². The van der Waals surface area contributed by atoms with Crippen LogP contribution in [0.2, 0.25) is 0 Å². The summed E-state index contributed by atoms with van der Waals surface area (Å²) in [4.78, 5) is 25.0. The number of oxazole rings is 1. The Kier molecular flexibility index (Phi) is 8.18. The zero-order valence-corrected chi connectivity index (χ0v) is 27.3. The molecule has 1 spiro atoms. The summed E-state index contributed by atoms with van der Waals surface area (Å²) in [7, 11) is 0. The van der Waals surface area contributed by atoms with Crippen LogP contribution >= 0.6 is 0 Å². The van der Waals surface area contributed by atoms with Gasteiger partial charge in [0.15, 0.2) is 30.0 Å². The standard InChI is InChI=1S/C36H46N2O8/c1-21-7-11-30-27(16-21)38(34(41)45-30)18-24-9-12-31(28(39)17-24)42-19-32(40)37-15-5-6-29-23(3)26-10-8-22(2)25-13-14-35(4)20-43-36(25,26)33(44-29)46-35/h7,9,11-12,16-17,22-23,25-26,29,33,39H,5-6,8,10,13-15,18-20H2,1-4H3,(H,37,40)/t22-,23-,25+,26+,29+,33-,35-,36-/m1/s1. The molecule has 2 bridgehead atoms. The van der Waals surface area contributed by atoms with E-state index >= 15 is 0 Å². The highest BCUT2D eigenvalue weighted by molar-refractivity contribution is 5.77. The molecule has 248 valence electrons. The number of phenols is 1. The van der Waals surface area contributed by atoms with Gasteiger partial charge in [0, 0.05) is 6.54 Å². The molecule has 8 atom stereocenters. The first-order valence-corrected chi connectivity index (χ1v) is 16.8. The van der Waals surface area contributed by atoms with Crippen molar-refractivity contribution in [3.63, 3.8) is 0 Å². The monoisotopic (exact) mass is 634 g/mol. The van der Waals surface area contributed by atoms with Gasteiger partial charge in [0.25, 0.3) is 5.91 Å². The van der Waals surface area contributed by atoms with Gasteiger partial charge in [-0.2, -0.15) is 0 Å². The fourth-order valence-electron chi connectivity index (χ4n) is 8.68. The molecule has 0 radical (unpaired) electrons. The smallest absolute Gasteiger partial charge is 0.420 e. The molecule has 2 N–H and O–H groups in total. The number of hydrogen-bond donors (Lipinski definition) is 2. The summed E-state index contributed by atoms with van der Waals surface area (Å²) >= 11 is 0. The predicted molar refractivity (Wildman–Crippen MR) is 171 cm³/mol. The molecule has 0 unspecified atom stereocenters. The van der Waals surface area contributed by atoms with Gasteiger partial charge in [-0.1, -0.05) is 26.0 Å². The lowest BCUT2D eigenvalue weighted by Crippen LogP contribution is -2.70. The molecule has 1 saturated carbocycles. The quantitative estimate of drug-likeness (QED) is 0.305. The minimum atomic E-state index is -0.462. The topological polar surface area (TPSA) is 121 Å². The number of nitrogens with zero attached hydrogens (tertiary/aromatic N) is 1. The number of aromatic hydroxyl groups is 1. The van der Waals surface area contributed by atoms with Crippen LogP contribution in [0.25, 0.3) is 11.1 Å². The number of aromatic nitrogens is 1. The molecule has 2 aromatic carbocycles. The van der Waals surface area contributed by atoms with Gasteiger partial charge in [0.2, 0.25) is 0 Å². The van der Waals surface area contributed by atoms with E-state index in [1.54, 1.807) is 18.2 Å². The molecular weight excluding hydrogens is 588 g/mol. The van der Waals surface area contributed by atoms with Gasteiger partial charge in [-0.25, -0.2) is 4.79 Å². The van der Waals surface area contributed by atoms with E-state index in [1.807, 2.05) is 19.1 Å². The van der Waals surface area contributed by atoms with Gasteiger partial charge in [-0.15, -0.1) is 0 Å². The summed E-state index contributed by atoms with van der Waals surface area (Å²) in [6.45, 7) is 9.93. The molecule has 1 aromatic heterocycles. The predicted octanol–water partition coefficient (Wildman–Crippen LogP) is 5.29. The van der Waals surface area contributed by atoms with Crippen molar-refractivity contribution >= 4 is 17.0 Å². The molecule has 5 heterocycles. The van der Waals surface area contributed by atoms with Gasteiger partial charge >= 0.3 is 5.76 Å². The van der Waals surface area contributed by atoms with Crippen LogP contribution in [0.3, 0.4) is 0 Å². The van der Waals surface area contributed by atoms with Crippen molar-refractivity contribution in [2.75, 3.05) is 19.8 Å². The van der Waals surface area contributed by atoms with Crippen molar-refractivity contribution in [2.24, 2.45) is 23.7 Å². The summed E-state index contributed by atoms with van der Waals surface area (Å²) in [5, 5.41) is 13.5. The van der Waals surface area contributed by atoms with E-state index in [1.165, 1.54) is 17.1 Å². The maximum atomic E-state index is 12.6. The van der Waals surface area contributed by atoms with E-state index in [9.17, 15) is 14.7 Å². The van der Waals surface area contributed by atoms with Crippen molar-refractivity contribution in [1.82, 2.24) is 9.88 Å². The largest absolute Gasteiger partial charge is 0.504 e. The Labute approximate surface area is 269 Å². The highest BCUT2D eigenvalue weighted by Gasteiger charge is 2.67. The number of phenolic OH excluding ortho intramolecular Hbond substituents is 1. The second kappa shape index (κ2) is 12.0. The van der Waals surface area contributed by atoms with Crippen molar-refractivity contribution in [3.05, 3.63) is 58.1 Å². The first kappa shape index (κ1) is 31.3. The van der Waals surface area contributed by atoms with Crippen LogP contribution in [0.4, 0.5) is 0 Å². The number of rotatable bonds is 9. The van der Waals surface area contributed by atoms with Crippen LogP contribution in [-0.2, 0) is 25.5 Å². The van der Waals surface area contributed by atoms with Crippen LogP contribution in [-0.4, -0.2) is 58.9 Å². The number of ether oxygens (including phenoxy) is 4. The molecular formula is C36H46N2O8. The van der Waals surface area contributed by atoms with Crippen LogP contribution in [0.5, 0.6) is 11.5 Å². The number of aryl methyl sites for hydroxylation is 1. The Morgan fingerprint density at radius 2 is 1.98 bits per heavy atom. The Balaban J connectivity index is 0.900. The lowest BCUT2D eigenvalue weighted by Gasteiger charge is -2.62. The van der Waals surface area contributed by atoms with Crippen molar-refractivity contribution in [2.45, 2.75) is 96.4 Å². The van der Waals surface area contributed by atoms with Crippen molar-refractivity contribution in [1.29, 1.82) is 0 Å². The second-order valence-corrected chi connectivity index (χ2v) is 14.4. The summed E-state index contributed by atoms with van der Waals surface area (Å²) in [5.74, 6) is 1.19. The zero-order chi connectivity index (χ0) is 32.2. The molecule has 3 aromatic rings. The average Bonchev–Trinajstić information content (AvgIpc) is 3.14. The molecule has 5 aliphatic rings. The van der Waals surface area contributed by atoms with Gasteiger partial charge in [-0.05, 0) is 111 Å². The Morgan fingerprint density at radius 1 is 1.13 bits per heavy atom. The Hall–Kier alpha value is -3.34. The van der Waals surface area contributed by atoms with Gasteiger partial charge in [0.1, 0.15) is 5.60 Å². The van der Waals surface area contributed by atoms with E-state index in [0.29, 0.717) is 53.5 Å². The van der Waals surface area contributed by atoms with Crippen LogP contribution in [0.15, 0.2) is 45.6 Å². The lowest BCUT2D eigenvalue weighted by molar-refractivity contribution is -0.405. The number of carbonyl (C=O) groups excluding carboxylic acids is 1. The molecule has 5 fully saturated rings. The van der Waals surface area contributed by atoms with E-state index in [-0.39, 0.29) is 54.2 Å². The van der Waals surface area contributed by atoms with Crippen LogP contribution < -0.4 is 15.8 Å². The van der Waals surface area contributed by atoms with Crippen molar-refractivity contribution in [3.8, 4) is 11.5 Å². The summed E-state index contributed by atoms with van der Waals surface area (Å²) in [5.41, 5.74) is 2.29. The summed E-state index contributed by atoms with van der Waals surface area (Å²) in [6, 6.07) is 10.5. The molecule has 4 saturated heterocycles. The first-order chi connectivity index (χ1) is 22.1. The van der Waals surface area contributed by atoms with Gasteiger partial charge < -0.3 is 33.8 Å². The number of hydrogen-bond acceptors (Lipinski definition) is 8. The number of fused-ring (bicyclic) bond motifs is 3. The number of amides is 1. The molecule has 10 heteroatoms. The normalized spacial score (nSPS) is 33.4. The maximum Gasteiger partial charge on any atom is 0.420 e. The highest BCUT2D eigenvalue weighted by atomic mass is 16.7. The van der Waals surface area contributed by atoms with E-state index < -0.39 is 5.76 Å². The molecule has 10 nitrogen and oxygen atoms in total. The highest BCUT2D eigenvalue weighted by Crippen LogP contribution is 2.60. The molecule has 1 aliphatic carbocycles. The maximum absolute atomic E-state index is 12.6. The SMILES string of the molecule is Cc1ccc2oc(=O)n(Cc3ccc(OCC(=O)NCCC[C@@H]4O[C@@H]5O[C@]6(C)CC[C@H]7[C@H](C)CC[C@@H]([C@H]4C)[C@@]57OC6)c(O)c3)c2c1. The molecule has 1 amide bonds. The zero-order valence-electron chi connectivity index (χ0n) is 27.3. The fraction of sp³-hybridized carbons (Fsp3) is 0.611. The molecule has 8 rings (SSSR count). The Morgan fingerprint density at radius 3 is 2.80 bits per heavy atom. The third kappa shape index (κ3) is 5.52. The van der Waals surface area contributed by atoms with Gasteiger partial charge in [0.05, 0.1) is 30.4 Å². The third-order valence-electron chi connectivity index (χ3n) is 11.2. The van der Waals surface area contributed by atoms with E-state index in [2.05, 4.69) is 26.1 Å². The average molecular weight is 635 g/mol. The van der Waals surface area contributed by atoms with Gasteiger partial charge in [-0.3, -0.25) is 9.36 Å². The van der Waals surface area contributed by atoms with E-state index in [0.717, 1.165) is 37.7 Å². The van der Waals surface area contributed by atoms with Crippen LogP contribution in [0, 0.1) is 30.6 Å². The lowest BCUT2D eigenvalue weighted by atomic mass is 9.57. The summed E-state index contributed by atoms with van der Waals surface area (Å²) < 4.78 is 32.7. The molecule has 4 aliphatic heterocycles. The minimum Gasteiger partial charge on any atom is -0.504 e. The van der Waals surface area contributed by atoms with E-state index in [4.69, 9.17) is 23.4 Å². The van der Waals surface area contributed by atoms with Crippen LogP contribution in [0.1, 0.15) is 70.4 Å². The summed E-state index contributed by atoms with van der Waals surface area (Å²) in [6.07, 6.45) is 5.80. The number of carbonyl (C=O) groups is 1. The minimum absolute atomic E-state index is 0.0461. The number of benzene rings is 2. The Bertz CT molecular complexity index is 1670. The number of nitrogens with one attached hydrogen (secondary N) is 1. The molecule has 46 heavy (non-hydrogen) atoms.